The van der Waals surface area contributed by atoms with Gasteiger partial charge in [-0.2, -0.15) is 12.7 Å². The summed E-state index contributed by atoms with van der Waals surface area (Å²) >= 11 is 4.98. The van der Waals surface area contributed by atoms with Crippen LogP contribution in [0.15, 0.2) is 18.2 Å². The van der Waals surface area contributed by atoms with Crippen LogP contribution in [-0.4, -0.2) is 37.9 Å². The van der Waals surface area contributed by atoms with Crippen LogP contribution in [0.5, 0.6) is 5.75 Å². The lowest BCUT2D eigenvalue weighted by Crippen LogP contribution is -2.39. The van der Waals surface area contributed by atoms with Crippen molar-refractivity contribution in [3.05, 3.63) is 23.8 Å². The number of rotatable bonds is 5. The Bertz CT molecular complexity index is 626. The van der Waals surface area contributed by atoms with Crippen LogP contribution in [0.25, 0.3) is 0 Å². The van der Waals surface area contributed by atoms with Crippen LogP contribution < -0.4 is 15.2 Å². The topological polar surface area (TPSA) is 84.7 Å². The third-order valence-corrected chi connectivity index (χ3v) is 5.12. The lowest BCUT2D eigenvalue weighted by atomic mass is 10.1. The second-order valence-corrected chi connectivity index (χ2v) is 6.92. The average Bonchev–Trinajstić information content (AvgIpc) is 2.47. The van der Waals surface area contributed by atoms with Gasteiger partial charge in [0.25, 0.3) is 0 Å². The van der Waals surface area contributed by atoms with E-state index in [0.717, 1.165) is 19.3 Å². The van der Waals surface area contributed by atoms with Gasteiger partial charge in [-0.1, -0.05) is 24.7 Å². The Labute approximate surface area is 130 Å². The van der Waals surface area contributed by atoms with Crippen LogP contribution in [0.1, 0.15) is 24.8 Å². The molecule has 0 unspecified atom stereocenters. The number of hydrogen-bond acceptors (Lipinski definition) is 4. The molecular weight excluding hydrogens is 310 g/mol. The third-order valence-electron chi connectivity index (χ3n) is 3.40. The highest BCUT2D eigenvalue weighted by molar-refractivity contribution is 7.90. The fourth-order valence-electron chi connectivity index (χ4n) is 2.31. The highest BCUT2D eigenvalue weighted by Gasteiger charge is 2.26. The first-order valence-electron chi connectivity index (χ1n) is 6.70. The van der Waals surface area contributed by atoms with Crippen molar-refractivity contribution >= 4 is 33.1 Å². The predicted octanol–water partition coefficient (Wildman–Crippen LogP) is 1.47. The maximum atomic E-state index is 12.5. The second-order valence-electron chi connectivity index (χ2n) is 4.81. The predicted molar refractivity (Wildman–Crippen MR) is 86.8 cm³/mol. The lowest BCUT2D eigenvalue weighted by Gasteiger charge is -2.27. The molecular formula is C13H19N3O3S2. The summed E-state index contributed by atoms with van der Waals surface area (Å²) in [5, 5.41) is 0. The molecule has 3 N–H and O–H groups in total. The zero-order valence-electron chi connectivity index (χ0n) is 11.8. The summed E-state index contributed by atoms with van der Waals surface area (Å²) in [7, 11) is -2.17. The van der Waals surface area contributed by atoms with Crippen LogP contribution in [0.4, 0.5) is 5.69 Å². The van der Waals surface area contributed by atoms with E-state index >= 15 is 0 Å². The lowest BCUT2D eigenvalue weighted by molar-refractivity contribution is 0.348. The van der Waals surface area contributed by atoms with Gasteiger partial charge in [0.15, 0.2) is 0 Å². The number of thiocarbonyl (C=S) groups is 1. The Morgan fingerprint density at radius 1 is 1.33 bits per heavy atom. The molecule has 116 valence electrons. The van der Waals surface area contributed by atoms with Crippen molar-refractivity contribution in [2.75, 3.05) is 24.9 Å². The van der Waals surface area contributed by atoms with Crippen LogP contribution in [0.3, 0.4) is 0 Å². The zero-order valence-corrected chi connectivity index (χ0v) is 13.5. The molecule has 2 rings (SSSR count). The van der Waals surface area contributed by atoms with Crippen molar-refractivity contribution in [3.8, 4) is 5.75 Å². The summed E-state index contributed by atoms with van der Waals surface area (Å²) in [5.41, 5.74) is 6.40. The molecule has 0 saturated carbocycles. The van der Waals surface area contributed by atoms with Gasteiger partial charge >= 0.3 is 10.2 Å². The molecule has 1 aromatic carbocycles. The molecule has 21 heavy (non-hydrogen) atoms. The summed E-state index contributed by atoms with van der Waals surface area (Å²) in [6.45, 7) is 1.04. The third kappa shape index (κ3) is 3.63. The van der Waals surface area contributed by atoms with E-state index in [-0.39, 0.29) is 10.7 Å². The number of ether oxygens (including phenoxy) is 1. The highest BCUT2D eigenvalue weighted by Crippen LogP contribution is 2.30. The highest BCUT2D eigenvalue weighted by atomic mass is 32.2. The van der Waals surface area contributed by atoms with Crippen LogP contribution >= 0.6 is 12.2 Å². The quantitative estimate of drug-likeness (QED) is 0.799. The summed E-state index contributed by atoms with van der Waals surface area (Å²) in [5.74, 6) is 0.390. The molecule has 1 aliphatic rings. The zero-order chi connectivity index (χ0) is 15.5. The van der Waals surface area contributed by atoms with Crippen molar-refractivity contribution in [3.63, 3.8) is 0 Å². The van der Waals surface area contributed by atoms with Crippen LogP contribution in [-0.2, 0) is 10.2 Å². The average molecular weight is 329 g/mol. The van der Waals surface area contributed by atoms with Crippen LogP contribution in [0.2, 0.25) is 0 Å². The Hall–Kier alpha value is -1.38. The maximum Gasteiger partial charge on any atom is 0.301 e. The fourth-order valence-corrected chi connectivity index (χ4v) is 3.82. The van der Waals surface area contributed by atoms with E-state index in [9.17, 15) is 8.42 Å². The fraction of sp³-hybridized carbons (Fsp3) is 0.462. The van der Waals surface area contributed by atoms with E-state index in [1.54, 1.807) is 18.2 Å². The molecule has 1 aliphatic heterocycles. The van der Waals surface area contributed by atoms with E-state index in [1.807, 2.05) is 0 Å². The first-order valence-corrected chi connectivity index (χ1v) is 8.55. The maximum absolute atomic E-state index is 12.5. The van der Waals surface area contributed by atoms with Crippen LogP contribution in [0, 0.1) is 0 Å². The van der Waals surface area contributed by atoms with Gasteiger partial charge in [-0.05, 0) is 25.0 Å². The molecule has 0 atom stereocenters. The molecule has 1 saturated heterocycles. The monoisotopic (exact) mass is 329 g/mol. The Balaban J connectivity index is 2.35. The second kappa shape index (κ2) is 6.59. The minimum atomic E-state index is -3.64. The number of hydrogen-bond donors (Lipinski definition) is 2. The van der Waals surface area contributed by atoms with E-state index < -0.39 is 10.2 Å². The van der Waals surface area contributed by atoms with Gasteiger partial charge in [-0.25, -0.2) is 0 Å². The van der Waals surface area contributed by atoms with Crippen molar-refractivity contribution in [1.29, 1.82) is 0 Å². The summed E-state index contributed by atoms with van der Waals surface area (Å²) < 4.78 is 34.2. The van der Waals surface area contributed by atoms with Gasteiger partial charge in [0, 0.05) is 18.7 Å². The molecule has 0 aliphatic carbocycles. The number of nitrogens with two attached hydrogens (primary N) is 1. The first kappa shape index (κ1) is 16.0. The molecule has 8 heteroatoms. The molecule has 0 amide bonds. The molecule has 1 fully saturated rings. The number of methoxy groups -OCH3 is 1. The molecule has 1 heterocycles. The van der Waals surface area contributed by atoms with E-state index in [0.29, 0.717) is 24.4 Å². The number of nitrogens with zero attached hydrogens (tertiary/aromatic N) is 1. The number of benzene rings is 1. The molecule has 1 aromatic rings. The molecule has 0 spiro atoms. The smallest absolute Gasteiger partial charge is 0.301 e. The Kier molecular flexibility index (Phi) is 5.02. The summed E-state index contributed by atoms with van der Waals surface area (Å²) in [6, 6.07) is 5.04. The number of nitrogens with one attached hydrogen (secondary N) is 1. The Morgan fingerprint density at radius 2 is 2.00 bits per heavy atom. The molecule has 0 radical (unpaired) electrons. The van der Waals surface area contributed by atoms with E-state index in [1.165, 1.54) is 11.4 Å². The molecule has 6 nitrogen and oxygen atoms in total. The van der Waals surface area contributed by atoms with E-state index in [4.69, 9.17) is 22.7 Å². The van der Waals surface area contributed by atoms with Gasteiger partial charge in [0.2, 0.25) is 0 Å². The van der Waals surface area contributed by atoms with Gasteiger partial charge in [0.05, 0.1) is 7.11 Å². The van der Waals surface area contributed by atoms with Crippen molar-refractivity contribution < 1.29 is 13.2 Å². The van der Waals surface area contributed by atoms with Crippen molar-refractivity contribution in [1.82, 2.24) is 4.31 Å². The summed E-state index contributed by atoms with van der Waals surface area (Å²) in [6.07, 6.45) is 2.79. The van der Waals surface area contributed by atoms with E-state index in [2.05, 4.69) is 4.72 Å². The minimum Gasteiger partial charge on any atom is -0.495 e. The minimum absolute atomic E-state index is 0.116. The first-order chi connectivity index (χ1) is 9.95. The standard InChI is InChI=1S/C13H19N3O3S2/c1-19-11-7-5-6-10(13(14)20)12(11)15-21(17,18)16-8-3-2-4-9-16/h5-7,15H,2-4,8-9H2,1H3,(H2,14,20). The molecule has 0 aromatic heterocycles. The molecule has 0 bridgehead atoms. The van der Waals surface area contributed by atoms with Crippen molar-refractivity contribution in [2.24, 2.45) is 5.73 Å². The number of para-hydroxylation sites is 1. The Morgan fingerprint density at radius 3 is 2.57 bits per heavy atom. The number of piperidine rings is 1. The summed E-state index contributed by atoms with van der Waals surface area (Å²) in [4.78, 5) is 0.116. The largest absolute Gasteiger partial charge is 0.495 e. The van der Waals surface area contributed by atoms with Gasteiger partial charge in [-0.15, -0.1) is 0 Å². The van der Waals surface area contributed by atoms with Gasteiger partial charge in [-0.3, -0.25) is 4.72 Å². The normalized spacial score (nSPS) is 16.4. The van der Waals surface area contributed by atoms with Gasteiger partial charge < -0.3 is 10.5 Å². The van der Waals surface area contributed by atoms with Crippen molar-refractivity contribution in [2.45, 2.75) is 19.3 Å². The van der Waals surface area contributed by atoms with Gasteiger partial charge in [0.1, 0.15) is 16.4 Å². The number of anilines is 1. The SMILES string of the molecule is COc1cccc(C(N)=S)c1NS(=O)(=O)N1CCCCC1.